The first-order valence-corrected chi connectivity index (χ1v) is 3.84. The monoisotopic (exact) mass is 199 g/mol. The molecule has 1 aromatic carbocycles. The third kappa shape index (κ3) is 1.67. The van der Waals surface area contributed by atoms with Crippen LogP contribution in [-0.4, -0.2) is 11.2 Å². The Kier molecular flexibility index (Phi) is 2.63. The number of nitro benzene ring substituents is 1. The lowest BCUT2D eigenvalue weighted by molar-refractivity contribution is -0.384. The molecule has 0 bridgehead atoms. The molecule has 0 N–H and O–H groups in total. The van der Waals surface area contributed by atoms with Gasteiger partial charge in [-0.2, -0.15) is 0 Å². The molecule has 0 amide bonds. The van der Waals surface area contributed by atoms with Gasteiger partial charge in [-0.25, -0.2) is 0 Å². The Bertz CT molecular complexity index is 376. The first kappa shape index (κ1) is 9.67. The lowest BCUT2D eigenvalue weighted by Crippen LogP contribution is -1.96. The van der Waals surface area contributed by atoms with Gasteiger partial charge in [0.15, 0.2) is 6.29 Å². The molecule has 1 aromatic rings. The fourth-order valence-corrected chi connectivity index (χ4v) is 1.20. The van der Waals surface area contributed by atoms with Gasteiger partial charge in [-0.15, -0.1) is 0 Å². The molecule has 0 aromatic heterocycles. The van der Waals surface area contributed by atoms with Gasteiger partial charge in [0.1, 0.15) is 5.02 Å². The molecule has 0 atom stereocenters. The molecule has 0 fully saturated rings. The van der Waals surface area contributed by atoms with Crippen molar-refractivity contribution in [3.8, 4) is 0 Å². The second-order valence-corrected chi connectivity index (χ2v) is 2.89. The number of benzene rings is 1. The first-order chi connectivity index (χ1) is 6.07. The van der Waals surface area contributed by atoms with Gasteiger partial charge in [-0.05, 0) is 18.6 Å². The lowest BCUT2D eigenvalue weighted by atomic mass is 10.1. The Morgan fingerprint density at radius 3 is 2.62 bits per heavy atom. The van der Waals surface area contributed by atoms with Crippen LogP contribution >= 0.6 is 11.6 Å². The average Bonchev–Trinajstić information content (AvgIpc) is 2.08. The minimum atomic E-state index is -0.654. The van der Waals surface area contributed by atoms with E-state index in [0.717, 1.165) is 0 Å². The summed E-state index contributed by atoms with van der Waals surface area (Å²) in [6, 6.07) is 2.95. The van der Waals surface area contributed by atoms with Crippen molar-refractivity contribution < 1.29 is 9.72 Å². The Labute approximate surface area is 79.3 Å². The van der Waals surface area contributed by atoms with Crippen molar-refractivity contribution in [2.45, 2.75) is 6.92 Å². The van der Waals surface area contributed by atoms with Crippen molar-refractivity contribution in [1.82, 2.24) is 0 Å². The summed E-state index contributed by atoms with van der Waals surface area (Å²) in [5, 5.41) is 10.5. The van der Waals surface area contributed by atoms with E-state index < -0.39 is 4.92 Å². The van der Waals surface area contributed by atoms with Gasteiger partial charge in [0.25, 0.3) is 5.69 Å². The van der Waals surface area contributed by atoms with Crippen molar-refractivity contribution in [3.05, 3.63) is 38.4 Å². The largest absolute Gasteiger partial charge is 0.298 e. The molecule has 0 radical (unpaired) electrons. The SMILES string of the molecule is Cc1ccc(C=O)c([N+](=O)[O-])c1Cl. The second kappa shape index (κ2) is 3.53. The number of hydrogen-bond acceptors (Lipinski definition) is 3. The molecule has 0 aliphatic carbocycles. The number of carbonyl (C=O) groups excluding carboxylic acids is 1. The van der Waals surface area contributed by atoms with Crippen LogP contribution in [0.1, 0.15) is 15.9 Å². The number of nitrogens with zero attached hydrogens (tertiary/aromatic N) is 1. The smallest absolute Gasteiger partial charge is 0.298 e. The van der Waals surface area contributed by atoms with Crippen molar-refractivity contribution in [2.75, 3.05) is 0 Å². The van der Waals surface area contributed by atoms with Crippen LogP contribution in [0.4, 0.5) is 5.69 Å². The first-order valence-electron chi connectivity index (χ1n) is 3.46. The highest BCUT2D eigenvalue weighted by molar-refractivity contribution is 6.34. The maximum atomic E-state index is 10.5. The fourth-order valence-electron chi connectivity index (χ4n) is 0.961. The summed E-state index contributed by atoms with van der Waals surface area (Å²) < 4.78 is 0. The maximum Gasteiger partial charge on any atom is 0.298 e. The van der Waals surface area contributed by atoms with E-state index in [0.29, 0.717) is 11.8 Å². The Hall–Kier alpha value is -1.42. The standard InChI is InChI=1S/C8H6ClNO3/c1-5-2-3-6(4-11)8(7(5)9)10(12)13/h2-4H,1H3. The highest BCUT2D eigenvalue weighted by Gasteiger charge is 2.19. The molecule has 0 unspecified atom stereocenters. The number of nitro groups is 1. The summed E-state index contributed by atoms with van der Waals surface area (Å²) in [6.07, 6.45) is 0.420. The summed E-state index contributed by atoms with van der Waals surface area (Å²) in [5.41, 5.74) is 0.260. The number of halogens is 1. The molecule has 0 saturated carbocycles. The van der Waals surface area contributed by atoms with Crippen molar-refractivity contribution in [2.24, 2.45) is 0 Å². The van der Waals surface area contributed by atoms with E-state index in [9.17, 15) is 14.9 Å². The zero-order chi connectivity index (χ0) is 10.0. The number of hydrogen-bond donors (Lipinski definition) is 0. The number of aryl methyl sites for hydroxylation is 1. The Balaban J connectivity index is 3.50. The predicted molar refractivity (Wildman–Crippen MR) is 48.2 cm³/mol. The van der Waals surface area contributed by atoms with Crippen LogP contribution in [0.2, 0.25) is 5.02 Å². The number of aldehydes is 1. The van der Waals surface area contributed by atoms with Gasteiger partial charge < -0.3 is 0 Å². The van der Waals surface area contributed by atoms with Gasteiger partial charge in [-0.3, -0.25) is 14.9 Å². The van der Waals surface area contributed by atoms with E-state index in [1.807, 2.05) is 0 Å². The van der Waals surface area contributed by atoms with Crippen LogP contribution in [-0.2, 0) is 0 Å². The lowest BCUT2D eigenvalue weighted by Gasteiger charge is -2.00. The van der Waals surface area contributed by atoms with Crippen molar-refractivity contribution in [1.29, 1.82) is 0 Å². The van der Waals surface area contributed by atoms with Gasteiger partial charge in [0.2, 0.25) is 0 Å². The molecule has 0 spiro atoms. The van der Waals surface area contributed by atoms with Crippen LogP contribution in [0.5, 0.6) is 0 Å². The van der Waals surface area contributed by atoms with Crippen LogP contribution in [0, 0.1) is 17.0 Å². The van der Waals surface area contributed by atoms with Crippen LogP contribution in [0.3, 0.4) is 0 Å². The quantitative estimate of drug-likeness (QED) is 0.417. The van der Waals surface area contributed by atoms with Crippen LogP contribution in [0.25, 0.3) is 0 Å². The van der Waals surface area contributed by atoms with Gasteiger partial charge in [-0.1, -0.05) is 17.7 Å². The highest BCUT2D eigenvalue weighted by Crippen LogP contribution is 2.30. The summed E-state index contributed by atoms with van der Waals surface area (Å²) in [4.78, 5) is 20.3. The molecule has 5 heteroatoms. The third-order valence-electron chi connectivity index (χ3n) is 1.65. The van der Waals surface area contributed by atoms with Crippen molar-refractivity contribution in [3.63, 3.8) is 0 Å². The molecular formula is C8H6ClNO3. The molecule has 0 aliphatic rings. The van der Waals surface area contributed by atoms with Crippen LogP contribution in [0.15, 0.2) is 12.1 Å². The second-order valence-electron chi connectivity index (χ2n) is 2.51. The summed E-state index contributed by atoms with van der Waals surface area (Å²) in [6.45, 7) is 1.64. The zero-order valence-corrected chi connectivity index (χ0v) is 7.54. The number of carbonyl (C=O) groups is 1. The van der Waals surface area contributed by atoms with E-state index in [1.165, 1.54) is 6.07 Å². The van der Waals surface area contributed by atoms with E-state index >= 15 is 0 Å². The average molecular weight is 200 g/mol. The molecule has 68 valence electrons. The topological polar surface area (TPSA) is 60.2 Å². The van der Waals surface area contributed by atoms with E-state index in [2.05, 4.69) is 0 Å². The van der Waals surface area contributed by atoms with E-state index in [-0.39, 0.29) is 16.3 Å². The Morgan fingerprint density at radius 2 is 2.15 bits per heavy atom. The van der Waals surface area contributed by atoms with Gasteiger partial charge in [0.05, 0.1) is 10.5 Å². The Morgan fingerprint density at radius 1 is 1.54 bits per heavy atom. The third-order valence-corrected chi connectivity index (χ3v) is 2.13. The van der Waals surface area contributed by atoms with Crippen molar-refractivity contribution >= 4 is 23.6 Å². The van der Waals surface area contributed by atoms with Gasteiger partial charge in [0, 0.05) is 0 Å². The molecule has 13 heavy (non-hydrogen) atoms. The zero-order valence-electron chi connectivity index (χ0n) is 6.78. The minimum absolute atomic E-state index is 0.000556. The fraction of sp³-hybridized carbons (Fsp3) is 0.125. The molecule has 0 saturated heterocycles. The summed E-state index contributed by atoms with van der Waals surface area (Å²) in [5.74, 6) is 0. The normalized spacial score (nSPS) is 9.69. The molecule has 0 aliphatic heterocycles. The molecular weight excluding hydrogens is 194 g/mol. The van der Waals surface area contributed by atoms with E-state index in [1.54, 1.807) is 13.0 Å². The molecule has 0 heterocycles. The molecule has 4 nitrogen and oxygen atoms in total. The van der Waals surface area contributed by atoms with Gasteiger partial charge >= 0.3 is 0 Å². The van der Waals surface area contributed by atoms with Crippen LogP contribution < -0.4 is 0 Å². The molecule has 1 rings (SSSR count). The minimum Gasteiger partial charge on any atom is -0.298 e. The summed E-state index contributed by atoms with van der Waals surface area (Å²) >= 11 is 5.67. The van der Waals surface area contributed by atoms with E-state index in [4.69, 9.17) is 11.6 Å². The number of rotatable bonds is 2. The highest BCUT2D eigenvalue weighted by atomic mass is 35.5. The maximum absolute atomic E-state index is 10.5. The predicted octanol–water partition coefficient (Wildman–Crippen LogP) is 2.37. The summed E-state index contributed by atoms with van der Waals surface area (Å²) in [7, 11) is 0.